The predicted octanol–water partition coefficient (Wildman–Crippen LogP) is 2.39. The average Bonchev–Trinajstić information content (AvgIpc) is 3.06. The summed E-state index contributed by atoms with van der Waals surface area (Å²) in [6.45, 7) is 2.20. The van der Waals surface area contributed by atoms with Gasteiger partial charge < -0.3 is 10.3 Å². The lowest BCUT2D eigenvalue weighted by Gasteiger charge is -2.42. The topological polar surface area (TPSA) is 57.8 Å². The molecule has 0 atom stereocenters. The number of anilines is 1. The molecule has 2 N–H and O–H groups in total. The first-order valence-corrected chi connectivity index (χ1v) is 6.60. The Labute approximate surface area is 101 Å². The smallest absolute Gasteiger partial charge is 0.252 e. The van der Waals surface area contributed by atoms with Crippen molar-refractivity contribution in [2.75, 3.05) is 5.32 Å². The van der Waals surface area contributed by atoms with Crippen LogP contribution in [0, 0.1) is 0 Å². The van der Waals surface area contributed by atoms with E-state index in [0.29, 0.717) is 5.92 Å². The standard InChI is InChI=1S/C13H19N3O/c1-2-13(6-3-7-13)16-10-8-11(17)15-12(14-10)9-4-5-9/h8-9H,2-7H2,1H3,(H2,14,15,16,17). The van der Waals surface area contributed by atoms with Crippen molar-refractivity contribution in [2.45, 2.75) is 56.9 Å². The molecule has 2 aliphatic carbocycles. The lowest BCUT2D eigenvalue weighted by atomic mass is 9.75. The number of aromatic nitrogens is 2. The maximum absolute atomic E-state index is 11.6. The predicted molar refractivity (Wildman–Crippen MR) is 67.3 cm³/mol. The Balaban J connectivity index is 1.84. The molecule has 17 heavy (non-hydrogen) atoms. The van der Waals surface area contributed by atoms with Gasteiger partial charge in [-0.25, -0.2) is 4.98 Å². The minimum absolute atomic E-state index is 0.0324. The van der Waals surface area contributed by atoms with Crippen LogP contribution in [0.4, 0.5) is 5.82 Å². The molecule has 4 heteroatoms. The summed E-state index contributed by atoms with van der Waals surface area (Å²) in [5.41, 5.74) is 0.164. The van der Waals surface area contributed by atoms with E-state index in [9.17, 15) is 4.79 Å². The van der Waals surface area contributed by atoms with E-state index in [1.807, 2.05) is 0 Å². The molecule has 0 spiro atoms. The third-order valence-corrected chi connectivity index (χ3v) is 4.10. The Morgan fingerprint density at radius 1 is 1.53 bits per heavy atom. The molecule has 92 valence electrons. The van der Waals surface area contributed by atoms with Gasteiger partial charge in [0.1, 0.15) is 11.6 Å². The molecule has 1 aromatic heterocycles. The number of hydrogen-bond donors (Lipinski definition) is 2. The molecule has 2 fully saturated rings. The molecule has 0 bridgehead atoms. The van der Waals surface area contributed by atoms with Crippen molar-refractivity contribution in [3.63, 3.8) is 0 Å². The third-order valence-electron chi connectivity index (χ3n) is 4.10. The van der Waals surface area contributed by atoms with Gasteiger partial charge in [0.25, 0.3) is 5.56 Å². The number of nitrogens with zero attached hydrogens (tertiary/aromatic N) is 1. The SMILES string of the molecule is CCC1(Nc2cc(=O)[nH]c(C3CC3)n2)CCC1. The van der Waals surface area contributed by atoms with E-state index in [0.717, 1.165) is 30.9 Å². The van der Waals surface area contributed by atoms with Gasteiger partial charge in [0, 0.05) is 17.5 Å². The molecule has 3 rings (SSSR count). The number of nitrogens with one attached hydrogen (secondary N) is 2. The zero-order chi connectivity index (χ0) is 11.9. The Morgan fingerprint density at radius 3 is 2.82 bits per heavy atom. The molecule has 0 aromatic carbocycles. The van der Waals surface area contributed by atoms with Crippen molar-refractivity contribution in [3.05, 3.63) is 22.2 Å². The maximum atomic E-state index is 11.6. The normalized spacial score (nSPS) is 21.9. The molecule has 0 radical (unpaired) electrons. The summed E-state index contributed by atoms with van der Waals surface area (Å²) in [7, 11) is 0. The lowest BCUT2D eigenvalue weighted by molar-refractivity contribution is 0.268. The number of aromatic amines is 1. The van der Waals surface area contributed by atoms with Crippen molar-refractivity contribution in [1.82, 2.24) is 9.97 Å². The van der Waals surface area contributed by atoms with E-state index >= 15 is 0 Å². The molecule has 2 saturated carbocycles. The first-order valence-electron chi connectivity index (χ1n) is 6.60. The summed E-state index contributed by atoms with van der Waals surface area (Å²) in [6, 6.07) is 1.58. The monoisotopic (exact) mass is 233 g/mol. The van der Waals surface area contributed by atoms with E-state index in [1.165, 1.54) is 19.3 Å². The van der Waals surface area contributed by atoms with Gasteiger partial charge in [-0.15, -0.1) is 0 Å². The highest BCUT2D eigenvalue weighted by Crippen LogP contribution is 2.39. The van der Waals surface area contributed by atoms with Crippen molar-refractivity contribution in [1.29, 1.82) is 0 Å². The molecule has 0 unspecified atom stereocenters. The highest BCUT2D eigenvalue weighted by atomic mass is 16.1. The molecule has 0 amide bonds. The fourth-order valence-corrected chi connectivity index (χ4v) is 2.53. The van der Waals surface area contributed by atoms with Crippen LogP contribution in [0.3, 0.4) is 0 Å². The van der Waals surface area contributed by atoms with Crippen molar-refractivity contribution in [2.24, 2.45) is 0 Å². The van der Waals surface area contributed by atoms with Gasteiger partial charge >= 0.3 is 0 Å². The number of rotatable bonds is 4. The second-order valence-electron chi connectivity index (χ2n) is 5.40. The largest absolute Gasteiger partial charge is 0.364 e. The minimum Gasteiger partial charge on any atom is -0.364 e. The molecule has 0 aliphatic heterocycles. The molecular formula is C13H19N3O. The van der Waals surface area contributed by atoms with E-state index in [-0.39, 0.29) is 11.1 Å². The number of hydrogen-bond acceptors (Lipinski definition) is 3. The Bertz CT molecular complexity index is 466. The molecule has 2 aliphatic rings. The molecule has 0 saturated heterocycles. The fourth-order valence-electron chi connectivity index (χ4n) is 2.53. The van der Waals surface area contributed by atoms with Crippen LogP contribution in [-0.4, -0.2) is 15.5 Å². The van der Waals surface area contributed by atoms with Gasteiger partial charge in [-0.1, -0.05) is 6.92 Å². The first kappa shape index (κ1) is 10.8. The van der Waals surface area contributed by atoms with Crippen LogP contribution in [-0.2, 0) is 0 Å². The van der Waals surface area contributed by atoms with Gasteiger partial charge in [-0.3, -0.25) is 4.79 Å². The van der Waals surface area contributed by atoms with E-state index < -0.39 is 0 Å². The molecule has 1 aromatic rings. The van der Waals surface area contributed by atoms with E-state index in [2.05, 4.69) is 22.2 Å². The highest BCUT2D eigenvalue weighted by Gasteiger charge is 2.35. The van der Waals surface area contributed by atoms with Crippen LogP contribution < -0.4 is 10.9 Å². The van der Waals surface area contributed by atoms with Crippen LogP contribution in [0.25, 0.3) is 0 Å². The van der Waals surface area contributed by atoms with Crippen LogP contribution in [0.1, 0.15) is 57.2 Å². The molecular weight excluding hydrogens is 214 g/mol. The average molecular weight is 233 g/mol. The highest BCUT2D eigenvalue weighted by molar-refractivity contribution is 5.38. The maximum Gasteiger partial charge on any atom is 0.252 e. The van der Waals surface area contributed by atoms with Gasteiger partial charge in [0.05, 0.1) is 0 Å². The summed E-state index contributed by atoms with van der Waals surface area (Å²) in [5.74, 6) is 2.12. The van der Waals surface area contributed by atoms with Crippen molar-refractivity contribution < 1.29 is 0 Å². The molecule has 1 heterocycles. The fraction of sp³-hybridized carbons (Fsp3) is 0.692. The van der Waals surface area contributed by atoms with Crippen LogP contribution >= 0.6 is 0 Å². The Morgan fingerprint density at radius 2 is 2.29 bits per heavy atom. The summed E-state index contributed by atoms with van der Waals surface area (Å²) in [6.07, 6.45) is 7.07. The van der Waals surface area contributed by atoms with Gasteiger partial charge in [-0.2, -0.15) is 0 Å². The summed E-state index contributed by atoms with van der Waals surface area (Å²) in [4.78, 5) is 19.0. The van der Waals surface area contributed by atoms with Crippen molar-refractivity contribution in [3.8, 4) is 0 Å². The third kappa shape index (κ3) is 2.08. The second-order valence-corrected chi connectivity index (χ2v) is 5.40. The summed E-state index contributed by atoms with van der Waals surface area (Å²) >= 11 is 0. The molecule has 4 nitrogen and oxygen atoms in total. The Kier molecular flexibility index (Phi) is 2.45. The second kappa shape index (κ2) is 3.86. The quantitative estimate of drug-likeness (QED) is 0.839. The zero-order valence-electron chi connectivity index (χ0n) is 10.3. The summed E-state index contributed by atoms with van der Waals surface area (Å²) < 4.78 is 0. The minimum atomic E-state index is -0.0324. The summed E-state index contributed by atoms with van der Waals surface area (Å²) in [5, 5.41) is 3.47. The van der Waals surface area contributed by atoms with Gasteiger partial charge in [-0.05, 0) is 38.5 Å². The Hall–Kier alpha value is -1.32. The van der Waals surface area contributed by atoms with Crippen molar-refractivity contribution >= 4 is 5.82 Å². The van der Waals surface area contributed by atoms with Crippen LogP contribution in [0.2, 0.25) is 0 Å². The van der Waals surface area contributed by atoms with Gasteiger partial charge in [0.15, 0.2) is 0 Å². The van der Waals surface area contributed by atoms with Crippen LogP contribution in [0.5, 0.6) is 0 Å². The number of H-pyrrole nitrogens is 1. The zero-order valence-corrected chi connectivity index (χ0v) is 10.3. The van der Waals surface area contributed by atoms with E-state index in [1.54, 1.807) is 6.07 Å². The van der Waals surface area contributed by atoms with Gasteiger partial charge in [0.2, 0.25) is 0 Å². The van der Waals surface area contributed by atoms with E-state index in [4.69, 9.17) is 0 Å². The van der Waals surface area contributed by atoms with Crippen LogP contribution in [0.15, 0.2) is 10.9 Å². The first-order chi connectivity index (χ1) is 8.21. The lowest BCUT2D eigenvalue weighted by Crippen LogP contribution is -2.44.